The topological polar surface area (TPSA) is 76.0 Å². The summed E-state index contributed by atoms with van der Waals surface area (Å²) in [4.78, 5) is 12.4. The van der Waals surface area contributed by atoms with Gasteiger partial charge in [-0.25, -0.2) is 4.79 Å². The molecule has 0 radical (unpaired) electrons. The number of ether oxygens (including phenoxy) is 2. The third-order valence-corrected chi connectivity index (χ3v) is 13.2. The minimum Gasteiger partial charge on any atom is -0.467 e. The van der Waals surface area contributed by atoms with Crippen molar-refractivity contribution in [3.63, 3.8) is 0 Å². The third-order valence-electron chi connectivity index (χ3n) is 13.2. The van der Waals surface area contributed by atoms with Gasteiger partial charge in [-0.05, 0) is 96.7 Å². The average molecular weight is 461 g/mol. The summed E-state index contributed by atoms with van der Waals surface area (Å²) in [5, 5.41) is 22.9. The van der Waals surface area contributed by atoms with E-state index in [0.29, 0.717) is 35.0 Å². The summed E-state index contributed by atoms with van der Waals surface area (Å²) >= 11 is 0. The predicted octanol–water partition coefficient (Wildman–Crippen LogP) is 4.33. The number of hydrogen-bond donors (Lipinski definition) is 2. The first-order valence-corrected chi connectivity index (χ1v) is 13.5. The molecule has 33 heavy (non-hydrogen) atoms. The van der Waals surface area contributed by atoms with E-state index in [1.54, 1.807) is 0 Å². The molecule has 1 aliphatic heterocycles. The van der Waals surface area contributed by atoms with Crippen molar-refractivity contribution in [2.45, 2.75) is 110 Å². The number of aliphatic hydroxyl groups is 2. The molecule has 12 atom stereocenters. The van der Waals surface area contributed by atoms with Crippen LogP contribution in [0.15, 0.2) is 0 Å². The van der Waals surface area contributed by atoms with Crippen molar-refractivity contribution in [1.82, 2.24) is 0 Å². The Labute approximate surface area is 199 Å². The van der Waals surface area contributed by atoms with E-state index in [1.807, 2.05) is 0 Å². The highest BCUT2D eigenvalue weighted by molar-refractivity contribution is 5.74. The standard InChI is InChI=1S/C28H44O5/c1-15-13-16(23(31)32-6)33-21-20(15)25(4)11-12-28-14-27(28)10-9-19(29)24(2,3)17(27)7-8-18(28)26(25,5)22(21)30/h15-22,29-30H,7-14H2,1-6H3/t15-,16?,17+,18+,19+,20?,21?,22+,25-,26-,27-,28?/m1/s1. The molecule has 0 aromatic rings. The van der Waals surface area contributed by atoms with Gasteiger partial charge in [0.25, 0.3) is 0 Å². The lowest BCUT2D eigenvalue weighted by Crippen LogP contribution is -2.59. The number of rotatable bonds is 1. The highest BCUT2D eigenvalue weighted by Crippen LogP contribution is 2.89. The summed E-state index contributed by atoms with van der Waals surface area (Å²) in [7, 11) is 1.42. The maximum Gasteiger partial charge on any atom is 0.334 e. The maximum atomic E-state index is 12.4. The Kier molecular flexibility index (Phi) is 4.53. The number of esters is 1. The number of aliphatic hydroxyl groups excluding tert-OH is 2. The lowest BCUT2D eigenvalue weighted by Gasteiger charge is -2.63. The van der Waals surface area contributed by atoms with E-state index >= 15 is 0 Å². The van der Waals surface area contributed by atoms with Crippen molar-refractivity contribution in [3.8, 4) is 0 Å². The van der Waals surface area contributed by atoms with Crippen LogP contribution in [0.4, 0.5) is 0 Å². The van der Waals surface area contributed by atoms with Gasteiger partial charge in [-0.15, -0.1) is 0 Å². The molecule has 0 bridgehead atoms. The molecule has 6 aliphatic rings. The molecule has 5 heteroatoms. The lowest BCUT2D eigenvalue weighted by molar-refractivity contribution is -0.184. The molecule has 4 unspecified atom stereocenters. The van der Waals surface area contributed by atoms with Crippen LogP contribution in [-0.2, 0) is 14.3 Å². The first kappa shape index (κ1) is 22.8. The van der Waals surface area contributed by atoms with Crippen LogP contribution in [0.25, 0.3) is 0 Å². The molecule has 0 aromatic heterocycles. The maximum absolute atomic E-state index is 12.4. The summed E-state index contributed by atoms with van der Waals surface area (Å²) < 4.78 is 11.4. The zero-order valence-electron chi connectivity index (χ0n) is 21.4. The Morgan fingerprint density at radius 2 is 1.64 bits per heavy atom. The van der Waals surface area contributed by atoms with Gasteiger partial charge in [-0.1, -0.05) is 34.6 Å². The van der Waals surface area contributed by atoms with Gasteiger partial charge in [0, 0.05) is 5.41 Å². The minimum atomic E-state index is -0.564. The molecule has 1 saturated heterocycles. The molecule has 5 aliphatic carbocycles. The second kappa shape index (κ2) is 6.56. The van der Waals surface area contributed by atoms with Gasteiger partial charge < -0.3 is 19.7 Å². The largest absolute Gasteiger partial charge is 0.467 e. The van der Waals surface area contributed by atoms with Crippen molar-refractivity contribution in [2.24, 2.45) is 50.7 Å². The summed E-state index contributed by atoms with van der Waals surface area (Å²) in [5.41, 5.74) is 0.420. The predicted molar refractivity (Wildman–Crippen MR) is 124 cm³/mol. The van der Waals surface area contributed by atoms with E-state index in [9.17, 15) is 15.0 Å². The Morgan fingerprint density at radius 1 is 0.970 bits per heavy atom. The van der Waals surface area contributed by atoms with E-state index in [-0.39, 0.29) is 40.3 Å². The van der Waals surface area contributed by atoms with E-state index in [1.165, 1.54) is 20.0 Å². The summed E-state index contributed by atoms with van der Waals surface area (Å²) in [5.74, 6) is 1.35. The van der Waals surface area contributed by atoms with Gasteiger partial charge in [-0.2, -0.15) is 0 Å². The molecular formula is C28H44O5. The molecule has 0 amide bonds. The zero-order valence-corrected chi connectivity index (χ0v) is 21.4. The number of carbonyl (C=O) groups is 1. The molecule has 186 valence electrons. The van der Waals surface area contributed by atoms with Gasteiger partial charge in [0.15, 0.2) is 6.10 Å². The highest BCUT2D eigenvalue weighted by Gasteiger charge is 2.84. The van der Waals surface area contributed by atoms with Crippen LogP contribution in [0.5, 0.6) is 0 Å². The monoisotopic (exact) mass is 460 g/mol. The normalized spacial score (nSPS) is 60.5. The van der Waals surface area contributed by atoms with Gasteiger partial charge >= 0.3 is 5.97 Å². The Bertz CT molecular complexity index is 870. The Morgan fingerprint density at radius 3 is 2.33 bits per heavy atom. The first-order chi connectivity index (χ1) is 15.4. The van der Waals surface area contributed by atoms with Crippen LogP contribution >= 0.6 is 0 Å². The Hall–Kier alpha value is -0.650. The van der Waals surface area contributed by atoms with Crippen molar-refractivity contribution in [2.75, 3.05) is 7.11 Å². The molecule has 1 heterocycles. The van der Waals surface area contributed by atoms with Crippen LogP contribution in [0, 0.1) is 50.7 Å². The Balaban J connectivity index is 1.39. The molecular weight excluding hydrogens is 416 g/mol. The SMILES string of the molecule is COC(=O)C1C[C@@H](C)C2C(O1)[C@H](O)[C@@]1(C)[C@@H]3CC[C@H]4C(C)(C)[C@@H](O)CC[C@@]45CC35CC[C@]21C. The van der Waals surface area contributed by atoms with Gasteiger partial charge in [-0.3, -0.25) is 0 Å². The van der Waals surface area contributed by atoms with Crippen molar-refractivity contribution in [1.29, 1.82) is 0 Å². The smallest absolute Gasteiger partial charge is 0.334 e. The number of fused-ring (bicyclic) bond motifs is 4. The van der Waals surface area contributed by atoms with Gasteiger partial charge in [0.1, 0.15) is 0 Å². The van der Waals surface area contributed by atoms with Crippen LogP contribution in [-0.4, -0.2) is 47.7 Å². The van der Waals surface area contributed by atoms with E-state index in [0.717, 1.165) is 32.1 Å². The van der Waals surface area contributed by atoms with Crippen molar-refractivity contribution >= 4 is 5.97 Å². The fourth-order valence-corrected chi connectivity index (χ4v) is 11.6. The quantitative estimate of drug-likeness (QED) is 0.570. The van der Waals surface area contributed by atoms with E-state index in [2.05, 4.69) is 34.6 Å². The fourth-order valence-electron chi connectivity index (χ4n) is 11.6. The van der Waals surface area contributed by atoms with Crippen LogP contribution in [0.2, 0.25) is 0 Å². The second-order valence-electron chi connectivity index (χ2n) is 14.0. The van der Waals surface area contributed by atoms with Crippen molar-refractivity contribution in [3.05, 3.63) is 0 Å². The fraction of sp³-hybridized carbons (Fsp3) is 0.964. The third kappa shape index (κ3) is 2.34. The first-order valence-electron chi connectivity index (χ1n) is 13.5. The minimum absolute atomic E-state index is 0.00776. The van der Waals surface area contributed by atoms with Crippen molar-refractivity contribution < 1.29 is 24.5 Å². The molecule has 2 N–H and O–H groups in total. The summed E-state index contributed by atoms with van der Waals surface area (Å²) in [6.07, 6.45) is 7.09. The molecule has 5 nitrogen and oxygen atoms in total. The van der Waals surface area contributed by atoms with E-state index < -0.39 is 12.2 Å². The molecule has 6 rings (SSSR count). The molecule has 2 spiro atoms. The number of methoxy groups -OCH3 is 1. The second-order valence-corrected chi connectivity index (χ2v) is 14.0. The summed E-state index contributed by atoms with van der Waals surface area (Å²) in [6.45, 7) is 11.7. The summed E-state index contributed by atoms with van der Waals surface area (Å²) in [6, 6.07) is 0. The average Bonchev–Trinajstić information content (AvgIpc) is 3.41. The highest BCUT2D eigenvalue weighted by atomic mass is 16.6. The van der Waals surface area contributed by atoms with Crippen LogP contribution in [0.3, 0.4) is 0 Å². The van der Waals surface area contributed by atoms with Gasteiger partial charge in [0.05, 0.1) is 25.4 Å². The van der Waals surface area contributed by atoms with Crippen LogP contribution in [0.1, 0.15) is 86.0 Å². The number of hydrogen-bond acceptors (Lipinski definition) is 5. The number of carbonyl (C=O) groups excluding carboxylic acids is 1. The molecule has 0 aromatic carbocycles. The zero-order chi connectivity index (χ0) is 23.8. The van der Waals surface area contributed by atoms with Crippen LogP contribution < -0.4 is 0 Å². The lowest BCUT2D eigenvalue weighted by atomic mass is 9.41. The van der Waals surface area contributed by atoms with E-state index in [4.69, 9.17) is 9.47 Å². The molecule has 6 fully saturated rings. The molecule has 5 saturated carbocycles. The van der Waals surface area contributed by atoms with Gasteiger partial charge in [0.2, 0.25) is 0 Å².